The third-order valence-electron chi connectivity index (χ3n) is 3.59. The third kappa shape index (κ3) is 2.44. The smallest absolute Gasteiger partial charge is 0.111 e. The molecule has 0 atom stereocenters. The Morgan fingerprint density at radius 3 is 2.88 bits per heavy atom. The van der Waals surface area contributed by atoms with Crippen LogP contribution in [0.1, 0.15) is 38.4 Å². The number of imidazole rings is 1. The first-order valence-electron chi connectivity index (χ1n) is 6.11. The molecule has 1 aromatic rings. The van der Waals surface area contributed by atoms with Gasteiger partial charge in [0.2, 0.25) is 0 Å². The summed E-state index contributed by atoms with van der Waals surface area (Å²) in [6.07, 6.45) is 7.85. The molecule has 4 nitrogen and oxygen atoms in total. The Bertz CT molecular complexity index is 340. The van der Waals surface area contributed by atoms with Crippen LogP contribution in [0.5, 0.6) is 0 Å². The monoisotopic (exact) mass is 223 g/mol. The maximum atomic E-state index is 10.5. The largest absolute Gasteiger partial charge is 0.389 e. The Kier molecular flexibility index (Phi) is 3.30. The minimum Gasteiger partial charge on any atom is -0.389 e. The van der Waals surface area contributed by atoms with Gasteiger partial charge in [-0.15, -0.1) is 0 Å². The minimum atomic E-state index is -0.589. The molecule has 1 heterocycles. The highest BCUT2D eigenvalue weighted by Crippen LogP contribution is 2.30. The molecular weight excluding hydrogens is 202 g/mol. The minimum absolute atomic E-state index is 0.270. The van der Waals surface area contributed by atoms with Gasteiger partial charge in [0.05, 0.1) is 5.60 Å². The zero-order valence-corrected chi connectivity index (χ0v) is 9.89. The van der Waals surface area contributed by atoms with Crippen LogP contribution in [0.2, 0.25) is 0 Å². The summed E-state index contributed by atoms with van der Waals surface area (Å²) in [6, 6.07) is 0.270. The lowest BCUT2D eigenvalue weighted by molar-refractivity contribution is -0.00208. The molecule has 2 rings (SSSR count). The van der Waals surface area contributed by atoms with Gasteiger partial charge >= 0.3 is 0 Å². The molecule has 0 spiro atoms. The molecule has 0 saturated heterocycles. The lowest BCUT2D eigenvalue weighted by Crippen LogP contribution is -2.41. The highest BCUT2D eigenvalue weighted by Gasteiger charge is 2.33. The van der Waals surface area contributed by atoms with Crippen LogP contribution in [0.25, 0.3) is 0 Å². The van der Waals surface area contributed by atoms with Crippen molar-refractivity contribution in [1.29, 1.82) is 0 Å². The van der Waals surface area contributed by atoms with Gasteiger partial charge in [0.15, 0.2) is 0 Å². The van der Waals surface area contributed by atoms with E-state index < -0.39 is 5.60 Å². The van der Waals surface area contributed by atoms with Crippen LogP contribution in [0.4, 0.5) is 0 Å². The second kappa shape index (κ2) is 4.55. The fourth-order valence-corrected chi connectivity index (χ4v) is 2.44. The van der Waals surface area contributed by atoms with E-state index in [1.807, 2.05) is 6.20 Å². The summed E-state index contributed by atoms with van der Waals surface area (Å²) in [5, 5.41) is 10.5. The van der Waals surface area contributed by atoms with E-state index in [1.54, 1.807) is 6.20 Å². The molecule has 1 aliphatic rings. The Balaban J connectivity index is 2.03. The molecular formula is C12H21N3O. The van der Waals surface area contributed by atoms with Crippen molar-refractivity contribution in [3.05, 3.63) is 18.2 Å². The lowest BCUT2D eigenvalue weighted by atomic mass is 9.80. The average Bonchev–Trinajstić information content (AvgIpc) is 2.70. The molecule has 1 aliphatic carbocycles. The number of rotatable bonds is 3. The number of aryl methyl sites for hydroxylation is 1. The van der Waals surface area contributed by atoms with Crippen LogP contribution >= 0.6 is 0 Å². The summed E-state index contributed by atoms with van der Waals surface area (Å²) in [4.78, 5) is 4.32. The summed E-state index contributed by atoms with van der Waals surface area (Å²) in [7, 11) is 0. The first-order valence-corrected chi connectivity index (χ1v) is 6.11. The van der Waals surface area contributed by atoms with Crippen molar-refractivity contribution in [3.63, 3.8) is 0 Å². The van der Waals surface area contributed by atoms with Crippen LogP contribution in [0.3, 0.4) is 0 Å². The molecule has 3 N–H and O–H groups in total. The van der Waals surface area contributed by atoms with Crippen molar-refractivity contribution in [2.75, 3.05) is 0 Å². The van der Waals surface area contributed by atoms with Gasteiger partial charge in [-0.3, -0.25) is 0 Å². The van der Waals surface area contributed by atoms with Crippen molar-refractivity contribution in [2.45, 2.75) is 57.2 Å². The number of nitrogens with two attached hydrogens (primary N) is 1. The highest BCUT2D eigenvalue weighted by molar-refractivity contribution is 5.00. The van der Waals surface area contributed by atoms with Gasteiger partial charge in [0.1, 0.15) is 5.82 Å². The fraction of sp³-hybridized carbons (Fsp3) is 0.750. The number of nitrogens with zero attached hydrogens (tertiary/aromatic N) is 2. The van der Waals surface area contributed by atoms with Crippen LogP contribution in [-0.2, 0) is 13.0 Å². The second-order valence-electron chi connectivity index (χ2n) is 4.87. The lowest BCUT2D eigenvalue weighted by Gasteiger charge is -2.34. The Labute approximate surface area is 96.5 Å². The van der Waals surface area contributed by atoms with Crippen LogP contribution in [0, 0.1) is 0 Å². The van der Waals surface area contributed by atoms with Gasteiger partial charge in [-0.2, -0.15) is 0 Å². The van der Waals surface area contributed by atoms with Crippen LogP contribution in [0.15, 0.2) is 12.4 Å². The van der Waals surface area contributed by atoms with Gasteiger partial charge in [0.25, 0.3) is 0 Å². The molecule has 0 amide bonds. The SMILES string of the molecule is CCn1ccnc1CC1(O)CCC(N)CC1. The summed E-state index contributed by atoms with van der Waals surface area (Å²) in [6.45, 7) is 3.00. The van der Waals surface area contributed by atoms with E-state index in [4.69, 9.17) is 5.73 Å². The van der Waals surface area contributed by atoms with Gasteiger partial charge in [0, 0.05) is 31.4 Å². The average molecular weight is 223 g/mol. The van der Waals surface area contributed by atoms with Crippen molar-refractivity contribution in [1.82, 2.24) is 9.55 Å². The highest BCUT2D eigenvalue weighted by atomic mass is 16.3. The Hall–Kier alpha value is -0.870. The van der Waals surface area contributed by atoms with Gasteiger partial charge in [-0.25, -0.2) is 4.98 Å². The van der Waals surface area contributed by atoms with E-state index in [0.29, 0.717) is 6.42 Å². The third-order valence-corrected chi connectivity index (χ3v) is 3.59. The van der Waals surface area contributed by atoms with Crippen molar-refractivity contribution in [2.24, 2.45) is 5.73 Å². The van der Waals surface area contributed by atoms with Gasteiger partial charge in [-0.1, -0.05) is 0 Å². The summed E-state index contributed by atoms with van der Waals surface area (Å²) in [5.41, 5.74) is 5.26. The van der Waals surface area contributed by atoms with Gasteiger partial charge in [-0.05, 0) is 32.6 Å². The number of hydrogen-bond acceptors (Lipinski definition) is 3. The normalized spacial score (nSPS) is 30.6. The van der Waals surface area contributed by atoms with Crippen LogP contribution < -0.4 is 5.73 Å². The molecule has 1 saturated carbocycles. The number of aromatic nitrogens is 2. The second-order valence-corrected chi connectivity index (χ2v) is 4.87. The maximum absolute atomic E-state index is 10.5. The Morgan fingerprint density at radius 2 is 2.25 bits per heavy atom. The van der Waals surface area contributed by atoms with E-state index >= 15 is 0 Å². The molecule has 0 bridgehead atoms. The van der Waals surface area contributed by atoms with E-state index in [1.165, 1.54) is 0 Å². The van der Waals surface area contributed by atoms with Crippen molar-refractivity contribution < 1.29 is 5.11 Å². The molecule has 0 radical (unpaired) electrons. The fourth-order valence-electron chi connectivity index (χ4n) is 2.44. The number of aliphatic hydroxyl groups is 1. The quantitative estimate of drug-likeness (QED) is 0.806. The molecule has 1 fully saturated rings. The zero-order chi connectivity index (χ0) is 11.6. The predicted octanol–water partition coefficient (Wildman–Crippen LogP) is 1.08. The van der Waals surface area contributed by atoms with Crippen molar-refractivity contribution >= 4 is 0 Å². The standard InChI is InChI=1S/C12H21N3O/c1-2-15-8-7-14-11(15)9-12(16)5-3-10(13)4-6-12/h7-8,10,16H,2-6,9,13H2,1H3. The molecule has 0 unspecified atom stereocenters. The molecule has 4 heteroatoms. The summed E-state index contributed by atoms with van der Waals surface area (Å²) >= 11 is 0. The van der Waals surface area contributed by atoms with E-state index in [2.05, 4.69) is 16.5 Å². The summed E-state index contributed by atoms with van der Waals surface area (Å²) in [5.74, 6) is 0.987. The summed E-state index contributed by atoms with van der Waals surface area (Å²) < 4.78 is 2.09. The van der Waals surface area contributed by atoms with Crippen LogP contribution in [-0.4, -0.2) is 26.3 Å². The van der Waals surface area contributed by atoms with E-state index in [-0.39, 0.29) is 6.04 Å². The first kappa shape index (κ1) is 11.6. The number of hydrogen-bond donors (Lipinski definition) is 2. The first-order chi connectivity index (χ1) is 7.63. The molecule has 1 aromatic heterocycles. The maximum Gasteiger partial charge on any atom is 0.111 e. The van der Waals surface area contributed by atoms with E-state index in [0.717, 1.165) is 38.1 Å². The predicted molar refractivity (Wildman–Crippen MR) is 63.0 cm³/mol. The molecule has 0 aliphatic heterocycles. The molecule has 0 aromatic carbocycles. The molecule has 16 heavy (non-hydrogen) atoms. The topological polar surface area (TPSA) is 64.1 Å². The van der Waals surface area contributed by atoms with Crippen molar-refractivity contribution in [3.8, 4) is 0 Å². The molecule has 90 valence electrons. The zero-order valence-electron chi connectivity index (χ0n) is 9.89. The Morgan fingerprint density at radius 1 is 1.56 bits per heavy atom. The van der Waals surface area contributed by atoms with Gasteiger partial charge < -0.3 is 15.4 Å². The van der Waals surface area contributed by atoms with E-state index in [9.17, 15) is 5.11 Å².